The van der Waals surface area contributed by atoms with Crippen LogP contribution in [0.3, 0.4) is 0 Å². The summed E-state index contributed by atoms with van der Waals surface area (Å²) in [5, 5.41) is 16.7. The van der Waals surface area contributed by atoms with Crippen LogP contribution in [-0.2, 0) is 4.79 Å². The highest BCUT2D eigenvalue weighted by molar-refractivity contribution is 7.15. The van der Waals surface area contributed by atoms with Crippen LogP contribution in [0.1, 0.15) is 30.7 Å². The second-order valence-electron chi connectivity index (χ2n) is 5.95. The third kappa shape index (κ3) is 3.71. The van der Waals surface area contributed by atoms with Crippen LogP contribution in [0.2, 0.25) is 0 Å². The van der Waals surface area contributed by atoms with Crippen molar-refractivity contribution in [2.45, 2.75) is 38.6 Å². The van der Waals surface area contributed by atoms with Crippen molar-refractivity contribution in [3.05, 3.63) is 5.01 Å². The Balaban J connectivity index is 1.48. The topological polar surface area (TPSA) is 70.2 Å². The van der Waals surface area contributed by atoms with Gasteiger partial charge in [-0.15, -0.1) is 10.2 Å². The highest BCUT2D eigenvalue weighted by Gasteiger charge is 2.25. The lowest BCUT2D eigenvalue weighted by Crippen LogP contribution is -2.45. The average Bonchev–Trinajstić information content (AvgIpc) is 3.16. The maximum atomic E-state index is 12.0. The quantitative estimate of drug-likeness (QED) is 0.866. The second-order valence-corrected chi connectivity index (χ2v) is 7.11. The minimum atomic E-state index is 0.0236. The number of hydrogen-bond acceptors (Lipinski definition) is 6. The van der Waals surface area contributed by atoms with E-state index in [9.17, 15) is 4.79 Å². The zero-order chi connectivity index (χ0) is 14.7. The summed E-state index contributed by atoms with van der Waals surface area (Å²) in [6.07, 6.45) is 4.39. The van der Waals surface area contributed by atoms with Crippen LogP contribution in [-0.4, -0.2) is 48.3 Å². The SMILES string of the molecule is Cc1nnc(N2CCCC(CNC(=O)C3CCCN3)C2)s1. The molecule has 2 saturated heterocycles. The third-order valence-electron chi connectivity index (χ3n) is 4.25. The molecule has 116 valence electrons. The molecule has 1 aromatic rings. The molecule has 7 heteroatoms. The van der Waals surface area contributed by atoms with E-state index in [-0.39, 0.29) is 11.9 Å². The zero-order valence-corrected chi connectivity index (χ0v) is 13.3. The molecule has 0 spiro atoms. The molecule has 0 aromatic carbocycles. The number of nitrogens with one attached hydrogen (secondary N) is 2. The Morgan fingerprint density at radius 3 is 3.05 bits per heavy atom. The molecule has 0 bridgehead atoms. The number of carbonyl (C=O) groups excluding carboxylic acids is 1. The summed E-state index contributed by atoms with van der Waals surface area (Å²) < 4.78 is 0. The Morgan fingerprint density at radius 2 is 2.33 bits per heavy atom. The lowest BCUT2D eigenvalue weighted by molar-refractivity contribution is -0.122. The fourth-order valence-electron chi connectivity index (χ4n) is 3.10. The third-order valence-corrected chi connectivity index (χ3v) is 5.15. The van der Waals surface area contributed by atoms with Gasteiger partial charge in [0, 0.05) is 19.6 Å². The van der Waals surface area contributed by atoms with Crippen molar-refractivity contribution in [2.75, 3.05) is 31.1 Å². The Morgan fingerprint density at radius 1 is 1.43 bits per heavy atom. The predicted octanol–water partition coefficient (Wildman–Crippen LogP) is 0.931. The number of anilines is 1. The number of aryl methyl sites for hydroxylation is 1. The van der Waals surface area contributed by atoms with Crippen molar-refractivity contribution in [2.24, 2.45) is 5.92 Å². The van der Waals surface area contributed by atoms with Gasteiger partial charge in [-0.25, -0.2) is 0 Å². The molecule has 3 rings (SSSR count). The number of aromatic nitrogens is 2. The summed E-state index contributed by atoms with van der Waals surface area (Å²) in [5.74, 6) is 0.671. The Bertz CT molecular complexity index is 485. The molecule has 2 fully saturated rings. The highest BCUT2D eigenvalue weighted by atomic mass is 32.1. The first-order chi connectivity index (χ1) is 10.2. The van der Waals surface area contributed by atoms with Gasteiger partial charge in [-0.2, -0.15) is 0 Å². The van der Waals surface area contributed by atoms with Crippen LogP contribution >= 0.6 is 11.3 Å². The van der Waals surface area contributed by atoms with Crippen molar-refractivity contribution in [1.82, 2.24) is 20.8 Å². The molecule has 3 heterocycles. The van der Waals surface area contributed by atoms with Gasteiger partial charge in [0.15, 0.2) is 0 Å². The monoisotopic (exact) mass is 309 g/mol. The molecule has 21 heavy (non-hydrogen) atoms. The van der Waals surface area contributed by atoms with Crippen LogP contribution < -0.4 is 15.5 Å². The molecule has 0 radical (unpaired) electrons. The van der Waals surface area contributed by atoms with Gasteiger partial charge in [0.2, 0.25) is 11.0 Å². The first-order valence-corrected chi connectivity index (χ1v) is 8.60. The fraction of sp³-hybridized carbons (Fsp3) is 0.786. The Hall–Kier alpha value is -1.21. The minimum absolute atomic E-state index is 0.0236. The lowest BCUT2D eigenvalue weighted by atomic mass is 9.98. The summed E-state index contributed by atoms with van der Waals surface area (Å²) in [6.45, 7) is 5.73. The molecule has 2 unspecified atom stereocenters. The van der Waals surface area contributed by atoms with Gasteiger partial charge in [-0.05, 0) is 45.1 Å². The van der Waals surface area contributed by atoms with Crippen molar-refractivity contribution < 1.29 is 4.79 Å². The lowest BCUT2D eigenvalue weighted by Gasteiger charge is -2.32. The van der Waals surface area contributed by atoms with Crippen molar-refractivity contribution in [1.29, 1.82) is 0 Å². The van der Waals surface area contributed by atoms with E-state index in [1.165, 1.54) is 6.42 Å². The van der Waals surface area contributed by atoms with E-state index in [2.05, 4.69) is 25.7 Å². The van der Waals surface area contributed by atoms with E-state index in [4.69, 9.17) is 0 Å². The molecule has 1 amide bonds. The summed E-state index contributed by atoms with van der Waals surface area (Å²) in [5.41, 5.74) is 0. The van der Waals surface area contributed by atoms with E-state index >= 15 is 0 Å². The maximum absolute atomic E-state index is 12.0. The van der Waals surface area contributed by atoms with Crippen LogP contribution in [0.15, 0.2) is 0 Å². The number of rotatable bonds is 4. The summed E-state index contributed by atoms with van der Waals surface area (Å²) in [4.78, 5) is 14.3. The average molecular weight is 309 g/mol. The van der Waals surface area contributed by atoms with Gasteiger partial charge in [0.1, 0.15) is 5.01 Å². The standard InChI is InChI=1S/C14H23N5OS/c1-10-17-18-14(21-10)19-7-3-4-11(9-19)8-16-13(20)12-5-2-6-15-12/h11-12,15H,2-9H2,1H3,(H,16,20). The molecule has 0 saturated carbocycles. The van der Waals surface area contributed by atoms with E-state index in [1.807, 2.05) is 6.92 Å². The smallest absolute Gasteiger partial charge is 0.237 e. The number of nitrogens with zero attached hydrogens (tertiary/aromatic N) is 3. The molecular weight excluding hydrogens is 286 g/mol. The second kappa shape index (κ2) is 6.70. The summed E-state index contributed by atoms with van der Waals surface area (Å²) in [6, 6.07) is 0.0236. The molecule has 0 aliphatic carbocycles. The number of hydrogen-bond donors (Lipinski definition) is 2. The largest absolute Gasteiger partial charge is 0.354 e. The molecule has 6 nitrogen and oxygen atoms in total. The zero-order valence-electron chi connectivity index (χ0n) is 12.5. The normalized spacial score (nSPS) is 26.0. The van der Waals surface area contributed by atoms with Gasteiger partial charge in [-0.1, -0.05) is 11.3 Å². The van der Waals surface area contributed by atoms with E-state index in [0.717, 1.165) is 55.6 Å². The molecule has 2 N–H and O–H groups in total. The molecule has 2 aliphatic heterocycles. The van der Waals surface area contributed by atoms with Gasteiger partial charge >= 0.3 is 0 Å². The highest BCUT2D eigenvalue weighted by Crippen LogP contribution is 2.25. The van der Waals surface area contributed by atoms with Crippen LogP contribution in [0.5, 0.6) is 0 Å². The van der Waals surface area contributed by atoms with Crippen LogP contribution in [0, 0.1) is 12.8 Å². The van der Waals surface area contributed by atoms with Gasteiger partial charge in [0.05, 0.1) is 6.04 Å². The first kappa shape index (κ1) is 14.7. The van der Waals surface area contributed by atoms with Gasteiger partial charge in [-0.3, -0.25) is 4.79 Å². The predicted molar refractivity (Wildman–Crippen MR) is 83.6 cm³/mol. The Labute approximate surface area is 129 Å². The van der Waals surface area contributed by atoms with E-state index in [1.54, 1.807) is 11.3 Å². The summed E-state index contributed by atoms with van der Waals surface area (Å²) >= 11 is 1.65. The number of piperidine rings is 1. The van der Waals surface area contributed by atoms with Crippen LogP contribution in [0.4, 0.5) is 5.13 Å². The van der Waals surface area contributed by atoms with Crippen LogP contribution in [0.25, 0.3) is 0 Å². The van der Waals surface area contributed by atoms with Gasteiger partial charge in [0.25, 0.3) is 0 Å². The first-order valence-electron chi connectivity index (χ1n) is 7.78. The number of amides is 1. The van der Waals surface area contributed by atoms with Gasteiger partial charge < -0.3 is 15.5 Å². The van der Waals surface area contributed by atoms with E-state index < -0.39 is 0 Å². The van der Waals surface area contributed by atoms with E-state index in [0.29, 0.717) is 5.92 Å². The molecule has 2 atom stereocenters. The maximum Gasteiger partial charge on any atom is 0.237 e. The minimum Gasteiger partial charge on any atom is -0.354 e. The molecule has 2 aliphatic rings. The fourth-order valence-corrected chi connectivity index (χ4v) is 3.82. The Kier molecular flexibility index (Phi) is 4.70. The molecular formula is C14H23N5OS. The van der Waals surface area contributed by atoms with Crippen molar-refractivity contribution in [3.8, 4) is 0 Å². The summed E-state index contributed by atoms with van der Waals surface area (Å²) in [7, 11) is 0. The molecule has 1 aromatic heterocycles. The van der Waals surface area contributed by atoms with Crippen molar-refractivity contribution >= 4 is 22.4 Å². The number of carbonyl (C=O) groups is 1. The van der Waals surface area contributed by atoms with Crippen molar-refractivity contribution in [3.63, 3.8) is 0 Å².